The Hall–Kier alpha value is -1.17. The number of carbonyl (C=O) groups is 1. The monoisotopic (exact) mass is 205 g/mol. The van der Waals surface area contributed by atoms with E-state index >= 15 is 0 Å². The Morgan fingerprint density at radius 3 is 2.57 bits per heavy atom. The van der Waals surface area contributed by atoms with E-state index < -0.39 is 18.2 Å². The first-order chi connectivity index (χ1) is 6.43. The maximum absolute atomic E-state index is 13.0. The lowest BCUT2D eigenvalue weighted by Gasteiger charge is -2.08. The predicted octanol–water partition coefficient (Wildman–Crippen LogP) is -0.106. The summed E-state index contributed by atoms with van der Waals surface area (Å²) in [6.07, 6.45) is -0.987. The molecule has 0 saturated carbocycles. The molecule has 0 rings (SSSR count). The van der Waals surface area contributed by atoms with Gasteiger partial charge >= 0.3 is 5.97 Å². The van der Waals surface area contributed by atoms with Crippen molar-refractivity contribution in [3.8, 4) is 0 Å². The molecular formula is C8H16FN3O2. The topological polar surface area (TPSA) is 102 Å². The van der Waals surface area contributed by atoms with E-state index in [0.717, 1.165) is 0 Å². The van der Waals surface area contributed by atoms with Gasteiger partial charge in [0.1, 0.15) is 12.2 Å². The third-order valence-electron chi connectivity index (χ3n) is 1.65. The maximum Gasteiger partial charge on any atom is 0.320 e. The summed E-state index contributed by atoms with van der Waals surface area (Å²) >= 11 is 0. The SMILES string of the molecule is CC(N)=NC[C@H](F)CC[C@H](N)C(=O)O. The number of aliphatic imine (C=N–C) groups is 1. The Balaban J connectivity index is 3.69. The molecular weight excluding hydrogens is 189 g/mol. The number of halogens is 1. The van der Waals surface area contributed by atoms with E-state index in [1.54, 1.807) is 6.92 Å². The first kappa shape index (κ1) is 12.8. The molecule has 5 nitrogen and oxygen atoms in total. The van der Waals surface area contributed by atoms with Crippen LogP contribution in [0.5, 0.6) is 0 Å². The first-order valence-corrected chi connectivity index (χ1v) is 4.32. The van der Waals surface area contributed by atoms with E-state index in [1.807, 2.05) is 0 Å². The van der Waals surface area contributed by atoms with Gasteiger partial charge in [-0.25, -0.2) is 4.39 Å². The number of carboxylic acid groups (broad SMARTS) is 1. The van der Waals surface area contributed by atoms with Gasteiger partial charge in [-0.2, -0.15) is 0 Å². The van der Waals surface area contributed by atoms with Gasteiger partial charge in [0.05, 0.1) is 12.4 Å². The zero-order chi connectivity index (χ0) is 11.1. The van der Waals surface area contributed by atoms with E-state index in [9.17, 15) is 9.18 Å². The molecule has 5 N–H and O–H groups in total. The first-order valence-electron chi connectivity index (χ1n) is 4.32. The van der Waals surface area contributed by atoms with Crippen LogP contribution in [0.4, 0.5) is 4.39 Å². The van der Waals surface area contributed by atoms with E-state index in [4.69, 9.17) is 16.6 Å². The van der Waals surface area contributed by atoms with E-state index in [1.165, 1.54) is 0 Å². The molecule has 0 spiro atoms. The van der Waals surface area contributed by atoms with Crippen molar-refractivity contribution in [1.29, 1.82) is 0 Å². The lowest BCUT2D eigenvalue weighted by atomic mass is 10.1. The Morgan fingerprint density at radius 1 is 1.57 bits per heavy atom. The average molecular weight is 205 g/mol. The van der Waals surface area contributed by atoms with Crippen LogP contribution in [0.2, 0.25) is 0 Å². The zero-order valence-electron chi connectivity index (χ0n) is 8.11. The van der Waals surface area contributed by atoms with Crippen molar-refractivity contribution in [3.63, 3.8) is 0 Å². The highest BCUT2D eigenvalue weighted by molar-refractivity contribution is 5.77. The van der Waals surface area contributed by atoms with Crippen molar-refractivity contribution in [2.45, 2.75) is 32.0 Å². The van der Waals surface area contributed by atoms with Crippen LogP contribution in [0, 0.1) is 0 Å². The summed E-state index contributed by atoms with van der Waals surface area (Å²) in [6.45, 7) is 1.53. The summed E-state index contributed by atoms with van der Waals surface area (Å²) in [5, 5.41) is 8.42. The van der Waals surface area contributed by atoms with Gasteiger partial charge < -0.3 is 16.6 Å². The van der Waals surface area contributed by atoms with Crippen LogP contribution < -0.4 is 11.5 Å². The molecule has 0 heterocycles. The Bertz CT molecular complexity index is 217. The number of hydrogen-bond acceptors (Lipinski definition) is 3. The molecule has 0 aliphatic heterocycles. The highest BCUT2D eigenvalue weighted by atomic mass is 19.1. The Labute approximate surface area is 82.0 Å². The number of nitrogens with zero attached hydrogens (tertiary/aromatic N) is 1. The van der Waals surface area contributed by atoms with Gasteiger partial charge in [0.2, 0.25) is 0 Å². The minimum atomic E-state index is -1.18. The minimum Gasteiger partial charge on any atom is -0.480 e. The second kappa shape index (κ2) is 6.31. The average Bonchev–Trinajstić information content (AvgIpc) is 2.10. The summed E-state index contributed by atoms with van der Waals surface area (Å²) in [4.78, 5) is 14.0. The quantitative estimate of drug-likeness (QED) is 0.416. The van der Waals surface area contributed by atoms with E-state index in [2.05, 4.69) is 4.99 Å². The van der Waals surface area contributed by atoms with E-state index in [-0.39, 0.29) is 19.4 Å². The molecule has 0 fully saturated rings. The fraction of sp³-hybridized carbons (Fsp3) is 0.750. The van der Waals surface area contributed by atoms with Crippen molar-refractivity contribution in [2.24, 2.45) is 16.5 Å². The molecule has 0 aromatic carbocycles. The summed E-state index contributed by atoms with van der Waals surface area (Å²) in [6, 6.07) is -1.00. The highest BCUT2D eigenvalue weighted by Crippen LogP contribution is 2.04. The molecule has 0 aliphatic carbocycles. The molecule has 0 radical (unpaired) electrons. The summed E-state index contributed by atoms with van der Waals surface area (Å²) < 4.78 is 13.0. The summed E-state index contributed by atoms with van der Waals surface area (Å²) in [7, 11) is 0. The van der Waals surface area contributed by atoms with Crippen LogP contribution in [-0.2, 0) is 4.79 Å². The number of hydrogen-bond donors (Lipinski definition) is 3. The van der Waals surface area contributed by atoms with Crippen molar-refractivity contribution in [1.82, 2.24) is 0 Å². The largest absolute Gasteiger partial charge is 0.480 e. The molecule has 6 heteroatoms. The van der Waals surface area contributed by atoms with Crippen LogP contribution in [0.3, 0.4) is 0 Å². The zero-order valence-corrected chi connectivity index (χ0v) is 8.11. The molecule has 0 saturated heterocycles. The second-order valence-corrected chi connectivity index (χ2v) is 3.10. The highest BCUT2D eigenvalue weighted by Gasteiger charge is 2.14. The standard InChI is InChI=1S/C8H16FN3O2/c1-5(10)12-4-6(9)2-3-7(11)8(13)14/h6-7H,2-4,11H2,1H3,(H2,10,12)(H,13,14)/t6-,7+/m1/s1. The molecule has 2 atom stereocenters. The fourth-order valence-corrected chi connectivity index (χ4v) is 0.818. The van der Waals surface area contributed by atoms with Crippen molar-refractivity contribution < 1.29 is 14.3 Å². The normalized spacial score (nSPS) is 16.4. The molecule has 82 valence electrons. The van der Waals surface area contributed by atoms with Crippen LogP contribution in [0.25, 0.3) is 0 Å². The lowest BCUT2D eigenvalue weighted by molar-refractivity contribution is -0.138. The third kappa shape index (κ3) is 6.36. The molecule has 0 aromatic heterocycles. The van der Waals surface area contributed by atoms with Crippen molar-refractivity contribution >= 4 is 11.8 Å². The van der Waals surface area contributed by atoms with Crippen molar-refractivity contribution in [2.75, 3.05) is 6.54 Å². The smallest absolute Gasteiger partial charge is 0.320 e. The van der Waals surface area contributed by atoms with Crippen LogP contribution in [0.15, 0.2) is 4.99 Å². The van der Waals surface area contributed by atoms with Gasteiger partial charge in [-0.3, -0.25) is 9.79 Å². The number of carboxylic acids is 1. The summed E-state index contributed by atoms with van der Waals surface area (Å²) in [5.74, 6) is -0.800. The van der Waals surface area contributed by atoms with Gasteiger partial charge in [0, 0.05) is 0 Å². The number of amidine groups is 1. The van der Waals surface area contributed by atoms with Crippen LogP contribution in [-0.4, -0.2) is 35.7 Å². The van der Waals surface area contributed by atoms with Gasteiger partial charge in [0.25, 0.3) is 0 Å². The van der Waals surface area contributed by atoms with Gasteiger partial charge in [-0.05, 0) is 19.8 Å². The van der Waals surface area contributed by atoms with Crippen molar-refractivity contribution in [3.05, 3.63) is 0 Å². The maximum atomic E-state index is 13.0. The van der Waals surface area contributed by atoms with Gasteiger partial charge in [-0.15, -0.1) is 0 Å². The molecule has 0 aromatic rings. The third-order valence-corrected chi connectivity index (χ3v) is 1.65. The molecule has 0 bridgehead atoms. The molecule has 0 aliphatic rings. The van der Waals surface area contributed by atoms with Gasteiger partial charge in [0.15, 0.2) is 0 Å². The summed E-state index contributed by atoms with van der Waals surface area (Å²) in [5.41, 5.74) is 10.4. The van der Waals surface area contributed by atoms with Crippen LogP contribution >= 0.6 is 0 Å². The molecule has 14 heavy (non-hydrogen) atoms. The number of nitrogens with two attached hydrogens (primary N) is 2. The number of aliphatic carboxylic acids is 1. The molecule has 0 amide bonds. The Kier molecular flexibility index (Phi) is 5.78. The van der Waals surface area contributed by atoms with E-state index in [0.29, 0.717) is 5.84 Å². The lowest BCUT2D eigenvalue weighted by Crippen LogP contribution is -2.31. The fourth-order valence-electron chi connectivity index (χ4n) is 0.818. The number of alkyl halides is 1. The van der Waals surface area contributed by atoms with Gasteiger partial charge in [-0.1, -0.05) is 0 Å². The molecule has 0 unspecified atom stereocenters. The predicted molar refractivity (Wildman–Crippen MR) is 51.9 cm³/mol. The number of rotatable bonds is 6. The second-order valence-electron chi connectivity index (χ2n) is 3.10. The minimum absolute atomic E-state index is 0.0331. The van der Waals surface area contributed by atoms with Crippen LogP contribution in [0.1, 0.15) is 19.8 Å². The Morgan fingerprint density at radius 2 is 2.14 bits per heavy atom.